The Bertz CT molecular complexity index is 834. The van der Waals surface area contributed by atoms with Gasteiger partial charge in [-0.15, -0.1) is 10.2 Å². The molecule has 6 nitrogen and oxygen atoms in total. The highest BCUT2D eigenvalue weighted by atomic mass is 32.2. The lowest BCUT2D eigenvalue weighted by Gasteiger charge is -2.07. The largest absolute Gasteiger partial charge is 0.286 e. The van der Waals surface area contributed by atoms with E-state index in [-0.39, 0.29) is 0 Å². The molecule has 2 heterocycles. The molecule has 0 saturated heterocycles. The highest BCUT2D eigenvalue weighted by Gasteiger charge is 2.06. The monoisotopic (exact) mass is 296 g/mol. The number of aromatic nitrogens is 3. The van der Waals surface area contributed by atoms with Gasteiger partial charge in [0.15, 0.2) is 5.65 Å². The summed E-state index contributed by atoms with van der Waals surface area (Å²) >= 11 is 1.63. The molecule has 0 atom stereocenters. The lowest BCUT2D eigenvalue weighted by Crippen LogP contribution is -1.89. The van der Waals surface area contributed by atoms with Crippen LogP contribution in [0.1, 0.15) is 11.4 Å². The van der Waals surface area contributed by atoms with Gasteiger partial charge in [0.25, 0.3) is 0 Å². The molecular weight excluding hydrogens is 284 g/mol. The smallest absolute Gasteiger partial charge is 0.160 e. The lowest BCUT2D eigenvalue weighted by molar-refractivity contribution is 0.993. The van der Waals surface area contributed by atoms with Crippen molar-refractivity contribution in [3.63, 3.8) is 0 Å². The van der Waals surface area contributed by atoms with Crippen molar-refractivity contribution < 1.29 is 0 Å². The minimum atomic E-state index is 0.355. The topological polar surface area (TPSA) is 79.0 Å². The summed E-state index contributed by atoms with van der Waals surface area (Å²) in [6.07, 6.45) is 2.01. The molecule has 0 saturated carbocycles. The molecule has 0 radical (unpaired) electrons. The van der Waals surface area contributed by atoms with Gasteiger partial charge in [-0.05, 0) is 36.2 Å². The predicted octanol–water partition coefficient (Wildman–Crippen LogP) is 4.00. The first-order valence-corrected chi connectivity index (χ1v) is 7.17. The summed E-state index contributed by atoms with van der Waals surface area (Å²) in [6.45, 7) is 2.28. The zero-order valence-electron chi connectivity index (χ0n) is 11.3. The summed E-state index contributed by atoms with van der Waals surface area (Å²) < 4.78 is 1.96. The number of aryl methyl sites for hydroxylation is 1. The lowest BCUT2D eigenvalue weighted by atomic mass is 10.2. The molecule has 0 unspecified atom stereocenters. The number of pyridine rings is 1. The summed E-state index contributed by atoms with van der Waals surface area (Å²) in [6, 6.07) is 11.9. The Kier molecular flexibility index (Phi) is 3.77. The standard InChI is InChI=1S/C14H12N6S/c1-10-17-18-14-7-6-12(9-20(10)14)21-13-5-3-2-4-11(13)8-16-19-15/h2-7,9H,8H2,1H3. The van der Waals surface area contributed by atoms with E-state index in [1.165, 1.54) is 0 Å². The van der Waals surface area contributed by atoms with Gasteiger partial charge in [0.05, 0.1) is 6.54 Å². The molecule has 0 amide bonds. The van der Waals surface area contributed by atoms with E-state index in [4.69, 9.17) is 5.53 Å². The number of hydrogen-bond donors (Lipinski definition) is 0. The number of rotatable bonds is 4. The van der Waals surface area contributed by atoms with Crippen LogP contribution >= 0.6 is 11.8 Å². The molecule has 0 aliphatic rings. The third kappa shape index (κ3) is 2.84. The first-order valence-electron chi connectivity index (χ1n) is 6.36. The summed E-state index contributed by atoms with van der Waals surface area (Å²) in [5.74, 6) is 0.856. The molecule has 1 aromatic carbocycles. The van der Waals surface area contributed by atoms with Crippen molar-refractivity contribution in [1.29, 1.82) is 0 Å². The molecule has 104 valence electrons. The van der Waals surface area contributed by atoms with Crippen LogP contribution in [0.4, 0.5) is 0 Å². The van der Waals surface area contributed by atoms with Crippen LogP contribution in [0.15, 0.2) is 57.5 Å². The van der Waals surface area contributed by atoms with E-state index >= 15 is 0 Å². The number of hydrogen-bond acceptors (Lipinski definition) is 4. The Morgan fingerprint density at radius 3 is 2.95 bits per heavy atom. The van der Waals surface area contributed by atoms with Crippen LogP contribution in [-0.4, -0.2) is 14.6 Å². The molecule has 0 bridgehead atoms. The van der Waals surface area contributed by atoms with Crippen molar-refractivity contribution in [3.8, 4) is 0 Å². The van der Waals surface area contributed by atoms with Crippen LogP contribution in [-0.2, 0) is 6.54 Å². The molecule has 21 heavy (non-hydrogen) atoms. The molecular formula is C14H12N6S. The summed E-state index contributed by atoms with van der Waals surface area (Å²) in [4.78, 5) is 4.98. The van der Waals surface area contributed by atoms with Crippen LogP contribution in [0.2, 0.25) is 0 Å². The molecule has 0 N–H and O–H groups in total. The first-order chi connectivity index (χ1) is 10.3. The number of azide groups is 1. The minimum absolute atomic E-state index is 0.355. The van der Waals surface area contributed by atoms with E-state index in [1.54, 1.807) is 11.8 Å². The Balaban J connectivity index is 1.94. The van der Waals surface area contributed by atoms with Crippen molar-refractivity contribution in [3.05, 3.63) is 64.4 Å². The van der Waals surface area contributed by atoms with E-state index in [1.807, 2.05) is 53.9 Å². The molecule has 3 rings (SSSR count). The third-order valence-corrected chi connectivity index (χ3v) is 4.15. The molecule has 7 heteroatoms. The molecule has 3 aromatic rings. The van der Waals surface area contributed by atoms with Gasteiger partial charge in [0.2, 0.25) is 0 Å². The van der Waals surface area contributed by atoms with Gasteiger partial charge in [0, 0.05) is 20.9 Å². The van der Waals surface area contributed by atoms with Crippen LogP contribution in [0.3, 0.4) is 0 Å². The Morgan fingerprint density at radius 1 is 1.24 bits per heavy atom. The van der Waals surface area contributed by atoms with E-state index in [0.717, 1.165) is 26.8 Å². The highest BCUT2D eigenvalue weighted by molar-refractivity contribution is 7.99. The fourth-order valence-electron chi connectivity index (χ4n) is 2.02. The molecule has 0 aliphatic carbocycles. The Morgan fingerprint density at radius 2 is 2.10 bits per heavy atom. The average Bonchev–Trinajstić information content (AvgIpc) is 2.88. The number of fused-ring (bicyclic) bond motifs is 1. The van der Waals surface area contributed by atoms with Gasteiger partial charge in [-0.25, -0.2) is 0 Å². The van der Waals surface area contributed by atoms with Gasteiger partial charge in [-0.1, -0.05) is 35.1 Å². The number of benzene rings is 1. The maximum atomic E-state index is 8.47. The second kappa shape index (κ2) is 5.87. The second-order valence-electron chi connectivity index (χ2n) is 4.44. The van der Waals surface area contributed by atoms with E-state index < -0.39 is 0 Å². The summed E-state index contributed by atoms with van der Waals surface area (Å²) in [7, 11) is 0. The summed E-state index contributed by atoms with van der Waals surface area (Å²) in [5, 5.41) is 11.8. The maximum Gasteiger partial charge on any atom is 0.160 e. The maximum absolute atomic E-state index is 8.47. The SMILES string of the molecule is Cc1nnc2ccc(Sc3ccccc3CN=[N+]=[N-])cn12. The van der Waals surface area contributed by atoms with Gasteiger partial charge in [-0.2, -0.15) is 0 Å². The Labute approximate surface area is 125 Å². The van der Waals surface area contributed by atoms with Crippen molar-refractivity contribution >= 4 is 17.4 Å². The highest BCUT2D eigenvalue weighted by Crippen LogP contribution is 2.31. The molecule has 0 fully saturated rings. The van der Waals surface area contributed by atoms with Crippen LogP contribution in [0, 0.1) is 6.92 Å². The Hall–Kier alpha value is -2.50. The number of nitrogens with zero attached hydrogens (tertiary/aromatic N) is 6. The van der Waals surface area contributed by atoms with Crippen molar-refractivity contribution in [2.45, 2.75) is 23.3 Å². The normalized spacial score (nSPS) is 10.5. The minimum Gasteiger partial charge on any atom is -0.286 e. The van der Waals surface area contributed by atoms with Crippen LogP contribution in [0.5, 0.6) is 0 Å². The first kappa shape index (κ1) is 13.5. The van der Waals surface area contributed by atoms with E-state index in [2.05, 4.69) is 20.2 Å². The van der Waals surface area contributed by atoms with Gasteiger partial charge in [-0.3, -0.25) is 4.40 Å². The zero-order chi connectivity index (χ0) is 14.7. The van der Waals surface area contributed by atoms with Crippen LogP contribution in [0.25, 0.3) is 16.1 Å². The van der Waals surface area contributed by atoms with Crippen molar-refractivity contribution in [2.75, 3.05) is 0 Å². The third-order valence-electron chi connectivity index (χ3n) is 3.05. The van der Waals surface area contributed by atoms with Crippen LogP contribution < -0.4 is 0 Å². The molecule has 0 aliphatic heterocycles. The zero-order valence-corrected chi connectivity index (χ0v) is 12.2. The predicted molar refractivity (Wildman–Crippen MR) is 81.1 cm³/mol. The van der Waals surface area contributed by atoms with Crippen molar-refractivity contribution in [1.82, 2.24) is 14.6 Å². The molecule has 2 aromatic heterocycles. The van der Waals surface area contributed by atoms with Gasteiger partial charge < -0.3 is 0 Å². The fourth-order valence-corrected chi connectivity index (χ4v) is 2.97. The quantitative estimate of drug-likeness (QED) is 0.414. The van der Waals surface area contributed by atoms with E-state index in [9.17, 15) is 0 Å². The van der Waals surface area contributed by atoms with Crippen molar-refractivity contribution in [2.24, 2.45) is 5.11 Å². The second-order valence-corrected chi connectivity index (χ2v) is 5.55. The fraction of sp³-hybridized carbons (Fsp3) is 0.143. The van der Waals surface area contributed by atoms with Gasteiger partial charge in [0.1, 0.15) is 5.82 Å². The van der Waals surface area contributed by atoms with Gasteiger partial charge >= 0.3 is 0 Å². The van der Waals surface area contributed by atoms with E-state index in [0.29, 0.717) is 6.54 Å². The summed E-state index contributed by atoms with van der Waals surface area (Å²) in [5.41, 5.74) is 10.3. The average molecular weight is 296 g/mol. The molecule has 0 spiro atoms.